The van der Waals surface area contributed by atoms with Crippen molar-refractivity contribution in [3.8, 4) is 5.75 Å². The van der Waals surface area contributed by atoms with E-state index in [9.17, 15) is 4.79 Å². The normalized spacial score (nSPS) is 14.3. The molecule has 7 heteroatoms. The minimum absolute atomic E-state index is 0.127. The number of nitrogen functional groups attached to an aromatic ring is 1. The summed E-state index contributed by atoms with van der Waals surface area (Å²) in [6.07, 6.45) is 2.10. The number of anilines is 1. The number of aromatic nitrogens is 3. The van der Waals surface area contributed by atoms with Gasteiger partial charge in [0, 0.05) is 23.0 Å². The molecule has 0 saturated heterocycles. The van der Waals surface area contributed by atoms with Gasteiger partial charge in [-0.1, -0.05) is 11.8 Å². The SMILES string of the molecule is CCOc1ccc(N)cc1CSc1n[nH]c(=O)n1C1CC1. The van der Waals surface area contributed by atoms with Crippen molar-refractivity contribution in [2.75, 3.05) is 12.3 Å². The van der Waals surface area contributed by atoms with Gasteiger partial charge in [-0.05, 0) is 38.0 Å². The van der Waals surface area contributed by atoms with E-state index < -0.39 is 0 Å². The Kier molecular flexibility index (Phi) is 3.92. The highest BCUT2D eigenvalue weighted by Crippen LogP contribution is 2.37. The topological polar surface area (TPSA) is 85.9 Å². The second-order valence-electron chi connectivity index (χ2n) is 5.00. The van der Waals surface area contributed by atoms with Gasteiger partial charge in [-0.25, -0.2) is 9.89 Å². The summed E-state index contributed by atoms with van der Waals surface area (Å²) < 4.78 is 7.36. The Hall–Kier alpha value is -1.89. The van der Waals surface area contributed by atoms with E-state index in [-0.39, 0.29) is 5.69 Å². The maximum absolute atomic E-state index is 11.7. The molecule has 21 heavy (non-hydrogen) atoms. The molecule has 0 bridgehead atoms. The van der Waals surface area contributed by atoms with Crippen LogP contribution in [0.5, 0.6) is 5.75 Å². The number of rotatable bonds is 6. The highest BCUT2D eigenvalue weighted by atomic mass is 32.2. The fourth-order valence-electron chi connectivity index (χ4n) is 2.20. The molecule has 1 saturated carbocycles. The van der Waals surface area contributed by atoms with Gasteiger partial charge in [-0.3, -0.25) is 4.57 Å². The number of hydrogen-bond acceptors (Lipinski definition) is 5. The van der Waals surface area contributed by atoms with E-state index in [1.807, 2.05) is 25.1 Å². The summed E-state index contributed by atoms with van der Waals surface area (Å²) in [5, 5.41) is 7.36. The lowest BCUT2D eigenvalue weighted by atomic mass is 10.2. The second-order valence-corrected chi connectivity index (χ2v) is 5.94. The van der Waals surface area contributed by atoms with Gasteiger partial charge >= 0.3 is 5.69 Å². The third kappa shape index (κ3) is 3.07. The largest absolute Gasteiger partial charge is 0.494 e. The lowest BCUT2D eigenvalue weighted by molar-refractivity contribution is 0.337. The van der Waals surface area contributed by atoms with Gasteiger partial charge in [0.15, 0.2) is 5.16 Å². The highest BCUT2D eigenvalue weighted by molar-refractivity contribution is 7.98. The number of benzene rings is 1. The van der Waals surface area contributed by atoms with Gasteiger partial charge in [-0.2, -0.15) is 0 Å². The number of aromatic amines is 1. The van der Waals surface area contributed by atoms with Crippen molar-refractivity contribution in [1.82, 2.24) is 14.8 Å². The van der Waals surface area contributed by atoms with Crippen molar-refractivity contribution < 1.29 is 4.74 Å². The van der Waals surface area contributed by atoms with Crippen LogP contribution in [0.4, 0.5) is 5.69 Å². The van der Waals surface area contributed by atoms with Crippen molar-refractivity contribution in [2.45, 2.75) is 36.7 Å². The molecule has 0 spiro atoms. The summed E-state index contributed by atoms with van der Waals surface area (Å²) in [6, 6.07) is 5.93. The predicted molar refractivity (Wildman–Crippen MR) is 82.7 cm³/mol. The van der Waals surface area contributed by atoms with Crippen LogP contribution < -0.4 is 16.2 Å². The molecular formula is C14H18N4O2S. The molecule has 1 aromatic carbocycles. The van der Waals surface area contributed by atoms with Gasteiger partial charge in [0.1, 0.15) is 5.75 Å². The molecule has 6 nitrogen and oxygen atoms in total. The van der Waals surface area contributed by atoms with E-state index in [1.54, 1.807) is 4.57 Å². The van der Waals surface area contributed by atoms with Gasteiger partial charge in [0.25, 0.3) is 0 Å². The number of nitrogens with zero attached hydrogens (tertiary/aromatic N) is 2. The molecule has 0 aliphatic heterocycles. The average molecular weight is 306 g/mol. The quantitative estimate of drug-likeness (QED) is 0.631. The first-order valence-corrected chi connectivity index (χ1v) is 7.98. The number of nitrogens with one attached hydrogen (secondary N) is 1. The molecule has 1 heterocycles. The van der Waals surface area contributed by atoms with Crippen LogP contribution in [-0.2, 0) is 5.75 Å². The maximum Gasteiger partial charge on any atom is 0.344 e. The van der Waals surface area contributed by atoms with Crippen LogP contribution in [0.25, 0.3) is 0 Å². The molecule has 1 fully saturated rings. The number of thioether (sulfide) groups is 1. The van der Waals surface area contributed by atoms with Crippen molar-refractivity contribution >= 4 is 17.4 Å². The maximum atomic E-state index is 11.7. The number of hydrogen-bond donors (Lipinski definition) is 2. The van der Waals surface area contributed by atoms with Crippen molar-refractivity contribution in [1.29, 1.82) is 0 Å². The Balaban J connectivity index is 1.78. The lowest BCUT2D eigenvalue weighted by Crippen LogP contribution is -2.16. The number of H-pyrrole nitrogens is 1. The minimum atomic E-state index is -0.127. The fraction of sp³-hybridized carbons (Fsp3) is 0.429. The molecular weight excluding hydrogens is 288 g/mol. The Labute approximate surface area is 126 Å². The van der Waals surface area contributed by atoms with Crippen molar-refractivity contribution in [3.63, 3.8) is 0 Å². The molecule has 0 atom stereocenters. The molecule has 1 aromatic heterocycles. The van der Waals surface area contributed by atoms with Crippen LogP contribution >= 0.6 is 11.8 Å². The molecule has 0 radical (unpaired) electrons. The van der Waals surface area contributed by atoms with E-state index in [2.05, 4.69) is 10.2 Å². The van der Waals surface area contributed by atoms with Gasteiger partial charge < -0.3 is 10.5 Å². The second kappa shape index (κ2) is 5.85. The zero-order valence-electron chi connectivity index (χ0n) is 11.8. The predicted octanol–water partition coefficient (Wildman–Crippen LogP) is 2.18. The minimum Gasteiger partial charge on any atom is -0.494 e. The standard InChI is InChI=1S/C14H18N4O2S/c1-2-20-12-6-3-10(15)7-9(12)8-21-14-17-16-13(19)18(14)11-4-5-11/h3,6-7,11H,2,4-5,8,15H2,1H3,(H,16,19). The van der Waals surface area contributed by atoms with Gasteiger partial charge in [0.05, 0.1) is 6.61 Å². The number of ether oxygens (including phenoxy) is 1. The Morgan fingerprint density at radius 1 is 1.52 bits per heavy atom. The summed E-state index contributed by atoms with van der Waals surface area (Å²) in [4.78, 5) is 11.7. The summed E-state index contributed by atoms with van der Waals surface area (Å²) in [5.41, 5.74) is 7.43. The van der Waals surface area contributed by atoms with E-state index >= 15 is 0 Å². The molecule has 1 aliphatic carbocycles. The first-order chi connectivity index (χ1) is 10.2. The van der Waals surface area contributed by atoms with Crippen molar-refractivity contribution in [2.24, 2.45) is 0 Å². The van der Waals surface area contributed by atoms with Crippen molar-refractivity contribution in [3.05, 3.63) is 34.2 Å². The van der Waals surface area contributed by atoms with Crippen LogP contribution in [0.1, 0.15) is 31.4 Å². The third-order valence-corrected chi connectivity index (χ3v) is 4.33. The summed E-state index contributed by atoms with van der Waals surface area (Å²) in [7, 11) is 0. The molecule has 112 valence electrons. The van der Waals surface area contributed by atoms with E-state index in [0.29, 0.717) is 24.1 Å². The first kappa shape index (κ1) is 14.1. The summed E-state index contributed by atoms with van der Waals surface area (Å²) in [5.74, 6) is 1.49. The average Bonchev–Trinajstić information content (AvgIpc) is 3.23. The molecule has 2 aromatic rings. The number of nitrogens with two attached hydrogens (primary N) is 1. The van der Waals surface area contributed by atoms with Crippen LogP contribution in [0.2, 0.25) is 0 Å². The molecule has 3 rings (SSSR count). The van der Waals surface area contributed by atoms with E-state index in [4.69, 9.17) is 10.5 Å². The molecule has 1 aliphatic rings. The zero-order valence-corrected chi connectivity index (χ0v) is 12.7. The smallest absolute Gasteiger partial charge is 0.344 e. The molecule has 0 unspecified atom stereocenters. The molecule has 3 N–H and O–H groups in total. The Morgan fingerprint density at radius 3 is 3.05 bits per heavy atom. The van der Waals surface area contributed by atoms with E-state index in [1.165, 1.54) is 11.8 Å². The third-order valence-electron chi connectivity index (χ3n) is 3.33. The van der Waals surface area contributed by atoms with Crippen LogP contribution in [0.3, 0.4) is 0 Å². The van der Waals surface area contributed by atoms with Gasteiger partial charge in [0.2, 0.25) is 0 Å². The van der Waals surface area contributed by atoms with E-state index in [0.717, 1.165) is 29.3 Å². The zero-order chi connectivity index (χ0) is 14.8. The highest BCUT2D eigenvalue weighted by Gasteiger charge is 2.28. The summed E-state index contributed by atoms with van der Waals surface area (Å²) >= 11 is 1.52. The van der Waals surface area contributed by atoms with Crippen LogP contribution in [0, 0.1) is 0 Å². The first-order valence-electron chi connectivity index (χ1n) is 7.00. The van der Waals surface area contributed by atoms with Crippen LogP contribution in [0.15, 0.2) is 28.2 Å². The Morgan fingerprint density at radius 2 is 2.33 bits per heavy atom. The monoisotopic (exact) mass is 306 g/mol. The van der Waals surface area contributed by atoms with Crippen LogP contribution in [-0.4, -0.2) is 21.4 Å². The van der Waals surface area contributed by atoms with Gasteiger partial charge in [-0.15, -0.1) is 5.10 Å². The Bertz CT molecular complexity index is 691. The lowest BCUT2D eigenvalue weighted by Gasteiger charge is -2.10. The summed E-state index contributed by atoms with van der Waals surface area (Å²) in [6.45, 7) is 2.56. The molecule has 0 amide bonds. The fourth-order valence-corrected chi connectivity index (χ4v) is 3.19.